The highest BCUT2D eigenvalue weighted by Gasteiger charge is 2.77. The second-order valence-corrected chi connectivity index (χ2v) is 15.1. The van der Waals surface area contributed by atoms with Crippen molar-refractivity contribution in [1.82, 2.24) is 20.0 Å². The first kappa shape index (κ1) is 40.1. The molecule has 1 aromatic rings. The molecular formula is C38H53BrN4O9. The van der Waals surface area contributed by atoms with Crippen molar-refractivity contribution < 1.29 is 43.2 Å². The number of hydrogen-bond donors (Lipinski definition) is 2. The van der Waals surface area contributed by atoms with Crippen LogP contribution in [0.15, 0.2) is 55.6 Å². The van der Waals surface area contributed by atoms with Crippen LogP contribution in [0.5, 0.6) is 0 Å². The monoisotopic (exact) mass is 788 g/mol. The van der Waals surface area contributed by atoms with Crippen molar-refractivity contribution in [3.8, 4) is 0 Å². The maximum Gasteiger partial charge on any atom is 0.313 e. The third kappa shape index (κ3) is 8.63. The molecule has 286 valence electrons. The first-order valence-corrected chi connectivity index (χ1v) is 19.2. The molecule has 14 heteroatoms. The zero-order valence-corrected chi connectivity index (χ0v) is 31.6. The average Bonchev–Trinajstić information content (AvgIpc) is 3.74. The van der Waals surface area contributed by atoms with Crippen LogP contribution >= 0.6 is 15.9 Å². The van der Waals surface area contributed by atoms with E-state index >= 15 is 0 Å². The molecular weight excluding hydrogens is 736 g/mol. The zero-order chi connectivity index (χ0) is 37.3. The number of alkyl halides is 1. The van der Waals surface area contributed by atoms with Crippen molar-refractivity contribution in [1.29, 1.82) is 0 Å². The zero-order valence-electron chi connectivity index (χ0n) is 30.0. The molecule has 0 radical (unpaired) electrons. The molecule has 4 aliphatic heterocycles. The maximum atomic E-state index is 14.7. The molecule has 2 N–H and O–H groups in total. The van der Waals surface area contributed by atoms with Crippen LogP contribution in [0.3, 0.4) is 0 Å². The Balaban J connectivity index is 1.45. The van der Waals surface area contributed by atoms with Crippen molar-refractivity contribution >= 4 is 39.6 Å². The Bertz CT molecular complexity index is 1410. The minimum Gasteiger partial charge on any atom is -0.455 e. The molecule has 3 amide bonds. The van der Waals surface area contributed by atoms with Gasteiger partial charge in [0.15, 0.2) is 0 Å². The molecule has 1 spiro atoms. The van der Waals surface area contributed by atoms with Gasteiger partial charge in [-0.25, -0.2) is 0 Å². The molecule has 0 aliphatic carbocycles. The molecule has 4 heterocycles. The van der Waals surface area contributed by atoms with E-state index in [4.69, 9.17) is 18.9 Å². The Labute approximate surface area is 314 Å². The van der Waals surface area contributed by atoms with Gasteiger partial charge in [-0.1, -0.05) is 58.4 Å². The van der Waals surface area contributed by atoms with Crippen molar-refractivity contribution in [3.63, 3.8) is 0 Å². The SMILES string of the molecule is C=CCCC(=O)N[C@@H](COC)[C@@H](OC(=O)[C@H]1[C@@H]2O[C@@]3(CC2Br)[C@@H]1C(=O)N(CCCCO)[C@@H]3C(=O)N(CC=C)CCN1CCOCC1)c1ccccc1. The number of hydrogen-bond acceptors (Lipinski definition) is 10. The topological polar surface area (TPSA) is 147 Å². The van der Waals surface area contributed by atoms with E-state index in [0.29, 0.717) is 57.6 Å². The van der Waals surface area contributed by atoms with Gasteiger partial charge in [0, 0.05) is 64.2 Å². The van der Waals surface area contributed by atoms with E-state index in [1.165, 1.54) is 7.11 Å². The van der Waals surface area contributed by atoms with Crippen LogP contribution in [-0.2, 0) is 38.1 Å². The molecule has 5 rings (SSSR count). The molecule has 2 bridgehead atoms. The highest BCUT2D eigenvalue weighted by Crippen LogP contribution is 2.60. The molecule has 8 atom stereocenters. The van der Waals surface area contributed by atoms with E-state index in [9.17, 15) is 24.3 Å². The normalized spacial score (nSPS) is 27.9. The molecule has 4 saturated heterocycles. The first-order valence-electron chi connectivity index (χ1n) is 18.3. The number of carbonyl (C=O) groups is 4. The van der Waals surface area contributed by atoms with E-state index in [1.54, 1.807) is 22.0 Å². The predicted octanol–water partition coefficient (Wildman–Crippen LogP) is 2.24. The summed E-state index contributed by atoms with van der Waals surface area (Å²) in [5.74, 6) is -3.48. The van der Waals surface area contributed by atoms with Crippen LogP contribution < -0.4 is 5.32 Å². The van der Waals surface area contributed by atoms with Crippen molar-refractivity contribution in [3.05, 3.63) is 61.2 Å². The summed E-state index contributed by atoms with van der Waals surface area (Å²) in [5, 5.41) is 12.5. The number of nitrogens with zero attached hydrogens (tertiary/aromatic N) is 3. The minimum atomic E-state index is -1.28. The first-order chi connectivity index (χ1) is 25.2. The number of ether oxygens (including phenoxy) is 4. The number of nitrogens with one attached hydrogen (secondary N) is 1. The number of esters is 1. The summed E-state index contributed by atoms with van der Waals surface area (Å²) in [6.07, 6.45) is 3.63. The molecule has 52 heavy (non-hydrogen) atoms. The van der Waals surface area contributed by atoms with E-state index in [0.717, 1.165) is 13.1 Å². The Morgan fingerprint density at radius 3 is 2.58 bits per heavy atom. The molecule has 4 fully saturated rings. The van der Waals surface area contributed by atoms with Gasteiger partial charge < -0.3 is 39.2 Å². The van der Waals surface area contributed by atoms with E-state index in [-0.39, 0.29) is 55.3 Å². The maximum absolute atomic E-state index is 14.7. The van der Waals surface area contributed by atoms with Crippen LogP contribution in [0.25, 0.3) is 0 Å². The Hall–Kier alpha value is -3.14. The van der Waals surface area contributed by atoms with E-state index in [1.807, 2.05) is 30.3 Å². The van der Waals surface area contributed by atoms with Gasteiger partial charge in [-0.15, -0.1) is 13.2 Å². The number of carbonyl (C=O) groups excluding carboxylic acids is 4. The second-order valence-electron chi connectivity index (χ2n) is 13.9. The number of amides is 3. The second kappa shape index (κ2) is 18.8. The lowest BCUT2D eigenvalue weighted by molar-refractivity contribution is -0.163. The number of allylic oxidation sites excluding steroid dienone is 1. The van der Waals surface area contributed by atoms with Crippen LogP contribution in [0.2, 0.25) is 0 Å². The Morgan fingerprint density at radius 2 is 1.90 bits per heavy atom. The molecule has 13 nitrogen and oxygen atoms in total. The van der Waals surface area contributed by atoms with Crippen molar-refractivity contribution in [2.24, 2.45) is 11.8 Å². The van der Waals surface area contributed by atoms with Gasteiger partial charge in [0.05, 0.1) is 43.8 Å². The number of halogens is 1. The fraction of sp³-hybridized carbons (Fsp3) is 0.632. The van der Waals surface area contributed by atoms with Crippen molar-refractivity contribution in [2.75, 3.05) is 72.8 Å². The number of fused-ring (bicyclic) bond motifs is 1. The smallest absolute Gasteiger partial charge is 0.313 e. The lowest BCUT2D eigenvalue weighted by Gasteiger charge is -2.38. The number of methoxy groups -OCH3 is 1. The number of benzene rings is 1. The van der Waals surface area contributed by atoms with Crippen LogP contribution in [0, 0.1) is 11.8 Å². The van der Waals surface area contributed by atoms with Gasteiger partial charge >= 0.3 is 5.97 Å². The number of aliphatic hydroxyl groups is 1. The Morgan fingerprint density at radius 1 is 1.15 bits per heavy atom. The summed E-state index contributed by atoms with van der Waals surface area (Å²) in [6, 6.07) is 7.39. The largest absolute Gasteiger partial charge is 0.455 e. The summed E-state index contributed by atoms with van der Waals surface area (Å²) in [6.45, 7) is 12.0. The third-order valence-corrected chi connectivity index (χ3v) is 11.4. The molecule has 0 aromatic heterocycles. The fourth-order valence-electron chi connectivity index (χ4n) is 8.15. The fourth-order valence-corrected chi connectivity index (χ4v) is 9.09. The number of aliphatic hydroxyl groups excluding tert-OH is 1. The number of morpholine rings is 1. The van der Waals surface area contributed by atoms with Crippen LogP contribution in [0.4, 0.5) is 0 Å². The summed E-state index contributed by atoms with van der Waals surface area (Å²) in [7, 11) is 1.51. The highest BCUT2D eigenvalue weighted by molar-refractivity contribution is 9.09. The van der Waals surface area contributed by atoms with E-state index in [2.05, 4.69) is 39.3 Å². The van der Waals surface area contributed by atoms with Gasteiger partial charge in [-0.2, -0.15) is 0 Å². The Kier molecular flexibility index (Phi) is 14.4. The summed E-state index contributed by atoms with van der Waals surface area (Å²) in [4.78, 5) is 62.0. The van der Waals surface area contributed by atoms with Crippen LogP contribution in [0.1, 0.15) is 43.8 Å². The quantitative estimate of drug-likeness (QED) is 0.0874. The van der Waals surface area contributed by atoms with Gasteiger partial charge in [0.2, 0.25) is 17.7 Å². The lowest BCUT2D eigenvalue weighted by Crippen LogP contribution is -2.57. The highest BCUT2D eigenvalue weighted by atomic mass is 79.9. The number of unbranched alkanes of at least 4 members (excludes halogenated alkanes) is 1. The van der Waals surface area contributed by atoms with Gasteiger partial charge in [-0.05, 0) is 31.2 Å². The average molecular weight is 790 g/mol. The van der Waals surface area contributed by atoms with Gasteiger partial charge in [-0.3, -0.25) is 24.1 Å². The van der Waals surface area contributed by atoms with E-state index < -0.39 is 47.7 Å². The molecule has 4 aliphatic rings. The number of likely N-dealkylation sites (tertiary alicyclic amines) is 1. The van der Waals surface area contributed by atoms with Crippen molar-refractivity contribution in [2.45, 2.75) is 66.8 Å². The summed E-state index contributed by atoms with van der Waals surface area (Å²) < 4.78 is 24.0. The predicted molar refractivity (Wildman–Crippen MR) is 196 cm³/mol. The summed E-state index contributed by atoms with van der Waals surface area (Å²) >= 11 is 3.75. The number of rotatable bonds is 20. The third-order valence-electron chi connectivity index (χ3n) is 10.6. The molecule has 1 aromatic carbocycles. The lowest BCUT2D eigenvalue weighted by atomic mass is 9.70. The molecule has 0 saturated carbocycles. The van der Waals surface area contributed by atoms with Gasteiger partial charge in [0.1, 0.15) is 17.7 Å². The standard InChI is InChI=1S/C38H53BrN4O9/c1-4-6-14-29(45)40-28(25-49-3)32(26-12-8-7-9-13-26)51-37(48)30-31-35(46)43(16-10-11-21-44)34(38(31)24-27(39)33(30)52-38)36(47)42(15-5-2)18-17-41-19-22-50-23-20-41/h4-5,7-9,12-13,27-28,30-34,44H,1-2,6,10-11,14-25H2,3H3,(H,40,45)/t27?,28-,30+,31-,32-,33+,34+,38-/m0/s1. The minimum absolute atomic E-state index is 0.0536. The molecule has 1 unspecified atom stereocenters. The summed E-state index contributed by atoms with van der Waals surface area (Å²) in [5.41, 5.74) is -0.630. The van der Waals surface area contributed by atoms with Gasteiger partial charge in [0.25, 0.3) is 0 Å². The van der Waals surface area contributed by atoms with Crippen LogP contribution in [-0.4, -0.2) is 145 Å².